The number of rotatable bonds is 7. The molecule has 0 spiro atoms. The molecular weight excluding hydrogens is 374 g/mol. The van der Waals surface area contributed by atoms with Gasteiger partial charge in [-0.25, -0.2) is 4.79 Å². The van der Waals surface area contributed by atoms with Crippen molar-refractivity contribution in [1.29, 1.82) is 0 Å². The van der Waals surface area contributed by atoms with Crippen molar-refractivity contribution >= 4 is 28.2 Å². The van der Waals surface area contributed by atoms with Crippen LogP contribution in [0.25, 0.3) is 11.1 Å². The van der Waals surface area contributed by atoms with E-state index in [9.17, 15) is 9.59 Å². The maximum atomic E-state index is 12.4. The van der Waals surface area contributed by atoms with Gasteiger partial charge in [0.1, 0.15) is 16.3 Å². The summed E-state index contributed by atoms with van der Waals surface area (Å²) < 4.78 is 10.4. The van der Waals surface area contributed by atoms with E-state index in [1.54, 1.807) is 12.1 Å². The number of benzene rings is 2. The molecule has 1 N–H and O–H groups in total. The smallest absolute Gasteiger partial charge is 0.341 e. The number of ether oxygens (including phenoxy) is 2. The summed E-state index contributed by atoms with van der Waals surface area (Å²) in [5.41, 5.74) is 3.20. The van der Waals surface area contributed by atoms with Crippen LogP contribution in [0.2, 0.25) is 0 Å². The van der Waals surface area contributed by atoms with Crippen LogP contribution in [0.1, 0.15) is 22.8 Å². The number of amides is 1. The largest absolute Gasteiger partial charge is 0.484 e. The Hall–Kier alpha value is -3.12. The zero-order valence-electron chi connectivity index (χ0n) is 15.7. The minimum Gasteiger partial charge on any atom is -0.484 e. The molecule has 1 heterocycles. The average Bonchev–Trinajstić information content (AvgIpc) is 3.16. The molecule has 0 aliphatic carbocycles. The Morgan fingerprint density at radius 2 is 1.75 bits per heavy atom. The molecule has 0 aliphatic rings. The topological polar surface area (TPSA) is 64.6 Å². The van der Waals surface area contributed by atoms with E-state index in [0.717, 1.165) is 17.5 Å². The summed E-state index contributed by atoms with van der Waals surface area (Å²) in [7, 11) is 1.33. The van der Waals surface area contributed by atoms with Crippen LogP contribution in [-0.4, -0.2) is 25.6 Å². The van der Waals surface area contributed by atoms with Crippen LogP contribution in [0.4, 0.5) is 5.00 Å². The highest BCUT2D eigenvalue weighted by molar-refractivity contribution is 7.15. The Balaban J connectivity index is 1.79. The summed E-state index contributed by atoms with van der Waals surface area (Å²) >= 11 is 1.29. The standard InChI is InChI=1S/C22H21NO4S/c1-3-15-9-11-16(12-10-15)18-14-28-21(20(18)22(25)26-2)23-19(24)13-27-17-7-5-4-6-8-17/h4-12,14H,3,13H2,1-2H3,(H,23,24). The molecule has 3 rings (SSSR count). The summed E-state index contributed by atoms with van der Waals surface area (Å²) in [4.78, 5) is 24.7. The third-order valence-electron chi connectivity index (χ3n) is 4.22. The van der Waals surface area contributed by atoms with Crippen LogP contribution in [0.15, 0.2) is 60.0 Å². The first kappa shape index (κ1) is 19.6. The van der Waals surface area contributed by atoms with E-state index in [4.69, 9.17) is 9.47 Å². The molecule has 0 radical (unpaired) electrons. The highest BCUT2D eigenvalue weighted by Crippen LogP contribution is 2.36. The van der Waals surface area contributed by atoms with Gasteiger partial charge in [-0.2, -0.15) is 0 Å². The van der Waals surface area contributed by atoms with Crippen LogP contribution in [0.5, 0.6) is 5.75 Å². The lowest BCUT2D eigenvalue weighted by Crippen LogP contribution is -2.21. The fraction of sp³-hybridized carbons (Fsp3) is 0.182. The van der Waals surface area contributed by atoms with Crippen molar-refractivity contribution in [1.82, 2.24) is 0 Å². The molecule has 5 nitrogen and oxygen atoms in total. The highest BCUT2D eigenvalue weighted by Gasteiger charge is 2.22. The van der Waals surface area contributed by atoms with Crippen molar-refractivity contribution < 1.29 is 19.1 Å². The van der Waals surface area contributed by atoms with E-state index in [2.05, 4.69) is 12.2 Å². The maximum absolute atomic E-state index is 12.4. The van der Waals surface area contributed by atoms with Crippen molar-refractivity contribution in [3.8, 4) is 16.9 Å². The summed E-state index contributed by atoms with van der Waals surface area (Å²) in [6, 6.07) is 17.1. The summed E-state index contributed by atoms with van der Waals surface area (Å²) in [5.74, 6) is -0.229. The normalized spacial score (nSPS) is 10.4. The number of aryl methyl sites for hydroxylation is 1. The second-order valence-corrected chi connectivity index (χ2v) is 6.93. The molecule has 2 aromatic carbocycles. The van der Waals surface area contributed by atoms with Gasteiger partial charge in [-0.3, -0.25) is 4.79 Å². The number of carbonyl (C=O) groups excluding carboxylic acids is 2. The van der Waals surface area contributed by atoms with Gasteiger partial charge < -0.3 is 14.8 Å². The van der Waals surface area contributed by atoms with Crippen LogP contribution in [0, 0.1) is 0 Å². The number of hydrogen-bond acceptors (Lipinski definition) is 5. The van der Waals surface area contributed by atoms with E-state index in [0.29, 0.717) is 16.3 Å². The van der Waals surface area contributed by atoms with E-state index < -0.39 is 5.97 Å². The molecule has 0 bridgehead atoms. The number of anilines is 1. The lowest BCUT2D eigenvalue weighted by molar-refractivity contribution is -0.118. The van der Waals surface area contributed by atoms with E-state index in [-0.39, 0.29) is 12.5 Å². The number of nitrogens with one attached hydrogen (secondary N) is 1. The molecule has 144 valence electrons. The predicted molar refractivity (Wildman–Crippen MR) is 111 cm³/mol. The Bertz CT molecular complexity index is 948. The molecule has 28 heavy (non-hydrogen) atoms. The third kappa shape index (κ3) is 4.58. The SMILES string of the molecule is CCc1ccc(-c2csc(NC(=O)COc3ccccc3)c2C(=O)OC)cc1. The molecule has 1 aromatic heterocycles. The minimum absolute atomic E-state index is 0.150. The zero-order valence-corrected chi connectivity index (χ0v) is 16.5. The van der Waals surface area contributed by atoms with Gasteiger partial charge in [0.15, 0.2) is 6.61 Å². The Morgan fingerprint density at radius 3 is 2.39 bits per heavy atom. The third-order valence-corrected chi connectivity index (χ3v) is 5.12. The first-order valence-electron chi connectivity index (χ1n) is 8.89. The first-order valence-corrected chi connectivity index (χ1v) is 9.77. The summed E-state index contributed by atoms with van der Waals surface area (Å²) in [6.07, 6.45) is 0.941. The van der Waals surface area contributed by atoms with Crippen LogP contribution in [0.3, 0.4) is 0 Å². The van der Waals surface area contributed by atoms with Crippen molar-refractivity contribution in [2.75, 3.05) is 19.0 Å². The molecule has 1 amide bonds. The van der Waals surface area contributed by atoms with Crippen LogP contribution in [-0.2, 0) is 16.0 Å². The van der Waals surface area contributed by atoms with Crippen LogP contribution >= 0.6 is 11.3 Å². The summed E-state index contributed by atoms with van der Waals surface area (Å²) in [5, 5.41) is 5.06. The number of carbonyl (C=O) groups is 2. The Labute approximate surface area is 167 Å². The van der Waals surface area contributed by atoms with E-state index >= 15 is 0 Å². The van der Waals surface area contributed by atoms with E-state index in [1.165, 1.54) is 24.0 Å². The van der Waals surface area contributed by atoms with Gasteiger partial charge in [-0.05, 0) is 29.7 Å². The second kappa shape index (κ2) is 9.19. The van der Waals surface area contributed by atoms with Crippen molar-refractivity contribution in [2.24, 2.45) is 0 Å². The second-order valence-electron chi connectivity index (χ2n) is 6.05. The lowest BCUT2D eigenvalue weighted by Gasteiger charge is -2.09. The molecule has 0 saturated heterocycles. The van der Waals surface area contributed by atoms with Gasteiger partial charge in [0, 0.05) is 10.9 Å². The lowest BCUT2D eigenvalue weighted by atomic mass is 10.0. The number of hydrogen-bond donors (Lipinski definition) is 1. The van der Waals surface area contributed by atoms with Crippen molar-refractivity contribution in [3.05, 3.63) is 71.1 Å². The fourth-order valence-electron chi connectivity index (χ4n) is 2.72. The zero-order chi connectivity index (χ0) is 19.9. The predicted octanol–water partition coefficient (Wildman–Crippen LogP) is 4.78. The van der Waals surface area contributed by atoms with Gasteiger partial charge >= 0.3 is 5.97 Å². The maximum Gasteiger partial charge on any atom is 0.341 e. The van der Waals surface area contributed by atoms with Gasteiger partial charge in [-0.15, -0.1) is 11.3 Å². The first-order chi connectivity index (χ1) is 13.6. The number of methoxy groups -OCH3 is 1. The number of esters is 1. The van der Waals surface area contributed by atoms with Crippen LogP contribution < -0.4 is 10.1 Å². The van der Waals surface area contributed by atoms with Gasteiger partial charge in [0.05, 0.1) is 7.11 Å². The molecule has 0 fully saturated rings. The quantitative estimate of drug-likeness (QED) is 0.585. The van der Waals surface area contributed by atoms with Crippen molar-refractivity contribution in [3.63, 3.8) is 0 Å². The molecule has 0 unspecified atom stereocenters. The Kier molecular flexibility index (Phi) is 6.45. The monoisotopic (exact) mass is 395 g/mol. The Morgan fingerprint density at radius 1 is 1.04 bits per heavy atom. The molecule has 0 atom stereocenters. The average molecular weight is 395 g/mol. The van der Waals surface area contributed by atoms with Gasteiger partial charge in [0.2, 0.25) is 0 Å². The number of para-hydroxylation sites is 1. The fourth-order valence-corrected chi connectivity index (χ4v) is 3.69. The minimum atomic E-state index is -0.491. The summed E-state index contributed by atoms with van der Waals surface area (Å²) in [6.45, 7) is 1.94. The molecule has 3 aromatic rings. The molecule has 6 heteroatoms. The van der Waals surface area contributed by atoms with E-state index in [1.807, 2.05) is 47.8 Å². The highest BCUT2D eigenvalue weighted by atomic mass is 32.1. The van der Waals surface area contributed by atoms with Gasteiger partial charge in [-0.1, -0.05) is 49.4 Å². The van der Waals surface area contributed by atoms with Crippen molar-refractivity contribution in [2.45, 2.75) is 13.3 Å². The number of thiophene rings is 1. The molecule has 0 saturated carbocycles. The molecule has 0 aliphatic heterocycles. The van der Waals surface area contributed by atoms with Gasteiger partial charge in [0.25, 0.3) is 5.91 Å². The molecular formula is C22H21NO4S.